The number of hydrogen-bond donors (Lipinski definition) is 2. The lowest BCUT2D eigenvalue weighted by atomic mass is 10.1. The van der Waals surface area contributed by atoms with Crippen LogP contribution >= 0.6 is 0 Å². The lowest BCUT2D eigenvalue weighted by Crippen LogP contribution is -2.31. The normalized spacial score (nSPS) is 16.2. The smallest absolute Gasteiger partial charge is 0.0645 e. The monoisotopic (exact) mass is 271 g/mol. The molecule has 3 rings (SSSR count). The molecule has 106 valence electrons. The van der Waals surface area contributed by atoms with Crippen molar-refractivity contribution in [1.29, 1.82) is 0 Å². The van der Waals surface area contributed by atoms with Crippen LogP contribution in [0.5, 0.6) is 0 Å². The number of rotatable bonds is 7. The van der Waals surface area contributed by atoms with Crippen LogP contribution in [-0.4, -0.2) is 27.5 Å². The largest absolute Gasteiger partial charge is 0.396 e. The minimum atomic E-state index is 0.270. The molecule has 4 nitrogen and oxygen atoms in total. The Morgan fingerprint density at radius 1 is 1.30 bits per heavy atom. The molecule has 0 saturated heterocycles. The van der Waals surface area contributed by atoms with Gasteiger partial charge in [0.15, 0.2) is 0 Å². The second kappa shape index (κ2) is 6.20. The summed E-state index contributed by atoms with van der Waals surface area (Å²) in [7, 11) is 0. The Hall–Kier alpha value is -1.65. The first kappa shape index (κ1) is 13.3. The maximum Gasteiger partial charge on any atom is 0.0645 e. The number of nitrogens with one attached hydrogen (secondary N) is 1. The molecule has 0 radical (unpaired) electrons. The zero-order valence-electron chi connectivity index (χ0n) is 11.6. The van der Waals surface area contributed by atoms with E-state index in [0.717, 1.165) is 24.6 Å². The van der Waals surface area contributed by atoms with E-state index < -0.39 is 0 Å². The molecule has 4 heteroatoms. The second-order valence-corrected chi connectivity index (χ2v) is 5.45. The van der Waals surface area contributed by atoms with Gasteiger partial charge in [-0.15, -0.1) is 0 Å². The summed E-state index contributed by atoms with van der Waals surface area (Å²) in [5.41, 5.74) is 2.34. The van der Waals surface area contributed by atoms with Crippen molar-refractivity contribution in [2.75, 3.05) is 6.61 Å². The van der Waals surface area contributed by atoms with Gasteiger partial charge in [-0.25, -0.2) is 4.68 Å². The van der Waals surface area contributed by atoms with E-state index in [9.17, 15) is 0 Å². The molecule has 2 aromatic rings. The molecule has 1 aliphatic rings. The zero-order valence-corrected chi connectivity index (χ0v) is 11.6. The molecular formula is C16H21N3O. The van der Waals surface area contributed by atoms with Crippen LogP contribution in [0, 0.1) is 5.92 Å². The van der Waals surface area contributed by atoms with Crippen molar-refractivity contribution in [2.24, 2.45) is 5.92 Å². The molecule has 1 aliphatic carbocycles. The third-order valence-corrected chi connectivity index (χ3v) is 3.90. The van der Waals surface area contributed by atoms with Crippen LogP contribution in [0.3, 0.4) is 0 Å². The molecule has 1 heterocycles. The van der Waals surface area contributed by atoms with E-state index in [1.807, 2.05) is 16.9 Å². The van der Waals surface area contributed by atoms with Crippen molar-refractivity contribution >= 4 is 0 Å². The van der Waals surface area contributed by atoms with Crippen molar-refractivity contribution in [3.63, 3.8) is 0 Å². The van der Waals surface area contributed by atoms with Crippen LogP contribution in [0.2, 0.25) is 0 Å². The first-order chi connectivity index (χ1) is 9.86. The molecule has 1 atom stereocenters. The van der Waals surface area contributed by atoms with Gasteiger partial charge in [-0.3, -0.25) is 0 Å². The summed E-state index contributed by atoms with van der Waals surface area (Å²) < 4.78 is 1.86. The average Bonchev–Trinajstić information content (AvgIpc) is 3.18. The number of nitrogens with zero attached hydrogens (tertiary/aromatic N) is 2. The van der Waals surface area contributed by atoms with Crippen molar-refractivity contribution < 1.29 is 5.11 Å². The lowest BCUT2D eigenvalue weighted by Gasteiger charge is -2.17. The van der Waals surface area contributed by atoms with Gasteiger partial charge in [0.2, 0.25) is 0 Å². The Kier molecular flexibility index (Phi) is 4.14. The highest BCUT2D eigenvalue weighted by atomic mass is 16.3. The molecule has 1 unspecified atom stereocenters. The van der Waals surface area contributed by atoms with Crippen LogP contribution in [0.4, 0.5) is 0 Å². The predicted octanol–water partition coefficient (Wildman–Crippen LogP) is 2.12. The molecule has 1 fully saturated rings. The number of aromatic nitrogens is 2. The van der Waals surface area contributed by atoms with Gasteiger partial charge in [0, 0.05) is 31.6 Å². The lowest BCUT2D eigenvalue weighted by molar-refractivity contribution is 0.256. The predicted molar refractivity (Wildman–Crippen MR) is 78.6 cm³/mol. The molecule has 0 aliphatic heterocycles. The maximum absolute atomic E-state index is 9.10. The summed E-state index contributed by atoms with van der Waals surface area (Å²) in [6, 6.07) is 10.8. The van der Waals surface area contributed by atoms with E-state index in [1.54, 1.807) is 6.20 Å². The zero-order chi connectivity index (χ0) is 13.8. The third kappa shape index (κ3) is 3.26. The highest BCUT2D eigenvalue weighted by Crippen LogP contribution is 2.34. The number of benzene rings is 1. The molecule has 1 aromatic carbocycles. The van der Waals surface area contributed by atoms with Gasteiger partial charge in [0.05, 0.1) is 5.69 Å². The molecule has 0 spiro atoms. The third-order valence-electron chi connectivity index (χ3n) is 3.90. The van der Waals surface area contributed by atoms with Crippen LogP contribution in [0.1, 0.15) is 24.8 Å². The van der Waals surface area contributed by atoms with Crippen molar-refractivity contribution in [3.05, 3.63) is 48.3 Å². The average molecular weight is 271 g/mol. The Morgan fingerprint density at radius 3 is 2.70 bits per heavy atom. The Balaban J connectivity index is 1.57. The fraction of sp³-hybridized carbons (Fsp3) is 0.438. The van der Waals surface area contributed by atoms with Crippen LogP contribution in [0.15, 0.2) is 42.7 Å². The highest BCUT2D eigenvalue weighted by molar-refractivity contribution is 5.33. The van der Waals surface area contributed by atoms with Crippen molar-refractivity contribution in [3.8, 4) is 5.69 Å². The first-order valence-corrected chi connectivity index (χ1v) is 7.30. The second-order valence-electron chi connectivity index (χ2n) is 5.45. The fourth-order valence-corrected chi connectivity index (χ4v) is 2.58. The van der Waals surface area contributed by atoms with Crippen LogP contribution in [-0.2, 0) is 6.54 Å². The fourth-order valence-electron chi connectivity index (χ4n) is 2.58. The van der Waals surface area contributed by atoms with Gasteiger partial charge >= 0.3 is 0 Å². The minimum Gasteiger partial charge on any atom is -0.396 e. The van der Waals surface area contributed by atoms with Crippen molar-refractivity contribution in [2.45, 2.75) is 31.8 Å². The molecule has 2 N–H and O–H groups in total. The summed E-state index contributed by atoms with van der Waals surface area (Å²) in [6.45, 7) is 1.13. The van der Waals surface area contributed by atoms with Crippen LogP contribution < -0.4 is 5.32 Å². The van der Waals surface area contributed by atoms with Crippen LogP contribution in [0.25, 0.3) is 5.69 Å². The first-order valence-electron chi connectivity index (χ1n) is 7.30. The van der Waals surface area contributed by atoms with E-state index in [1.165, 1.54) is 18.4 Å². The highest BCUT2D eigenvalue weighted by Gasteiger charge is 2.30. The molecule has 1 aromatic heterocycles. The van der Waals surface area contributed by atoms with E-state index in [2.05, 4.69) is 34.7 Å². The van der Waals surface area contributed by atoms with Gasteiger partial charge in [-0.2, -0.15) is 5.10 Å². The minimum absolute atomic E-state index is 0.270. The number of aliphatic hydroxyl groups is 1. The topological polar surface area (TPSA) is 50.1 Å². The van der Waals surface area contributed by atoms with E-state index in [0.29, 0.717) is 6.04 Å². The molecule has 0 amide bonds. The van der Waals surface area contributed by atoms with Gasteiger partial charge in [-0.1, -0.05) is 12.1 Å². The summed E-state index contributed by atoms with van der Waals surface area (Å²) >= 11 is 0. The maximum atomic E-state index is 9.10. The van der Waals surface area contributed by atoms with Gasteiger partial charge in [0.1, 0.15) is 0 Å². The van der Waals surface area contributed by atoms with Gasteiger partial charge in [-0.05, 0) is 48.9 Å². The van der Waals surface area contributed by atoms with E-state index >= 15 is 0 Å². The molecule has 20 heavy (non-hydrogen) atoms. The Labute approximate surface area is 119 Å². The van der Waals surface area contributed by atoms with E-state index in [4.69, 9.17) is 5.11 Å². The SMILES string of the molecule is OCCC(NCc1ccc(-n2cccn2)cc1)C1CC1. The molecular weight excluding hydrogens is 250 g/mol. The van der Waals surface area contributed by atoms with Gasteiger partial charge < -0.3 is 10.4 Å². The molecule has 1 saturated carbocycles. The Morgan fingerprint density at radius 2 is 2.10 bits per heavy atom. The quantitative estimate of drug-likeness (QED) is 0.811. The van der Waals surface area contributed by atoms with Gasteiger partial charge in [0.25, 0.3) is 0 Å². The Bertz CT molecular complexity index is 517. The summed E-state index contributed by atoms with van der Waals surface area (Å²) in [4.78, 5) is 0. The van der Waals surface area contributed by atoms with E-state index in [-0.39, 0.29) is 6.61 Å². The standard InChI is InChI=1S/C16H21N3O/c20-11-8-16(14-4-5-14)17-12-13-2-6-15(7-3-13)19-10-1-9-18-19/h1-3,6-7,9-10,14,16-17,20H,4-5,8,11-12H2. The number of hydrogen-bond acceptors (Lipinski definition) is 3. The summed E-state index contributed by atoms with van der Waals surface area (Å²) in [6.07, 6.45) is 7.18. The number of aliphatic hydroxyl groups excluding tert-OH is 1. The summed E-state index contributed by atoms with van der Waals surface area (Å²) in [5, 5.41) is 16.9. The molecule has 0 bridgehead atoms. The summed E-state index contributed by atoms with van der Waals surface area (Å²) in [5.74, 6) is 0.769. The van der Waals surface area contributed by atoms with Crippen molar-refractivity contribution in [1.82, 2.24) is 15.1 Å².